The van der Waals surface area contributed by atoms with Gasteiger partial charge in [0.2, 0.25) is 0 Å². The largest absolute Gasteiger partial charge is 0.489 e. The van der Waals surface area contributed by atoms with E-state index in [1.54, 1.807) is 0 Å². The molecule has 1 aromatic carbocycles. The van der Waals surface area contributed by atoms with Gasteiger partial charge in [0.1, 0.15) is 11.9 Å². The van der Waals surface area contributed by atoms with E-state index in [1.165, 1.54) is 0 Å². The van der Waals surface area contributed by atoms with Gasteiger partial charge in [-0.2, -0.15) is 0 Å². The number of piperidine rings is 1. The Labute approximate surface area is 114 Å². The van der Waals surface area contributed by atoms with Crippen molar-refractivity contribution in [3.05, 3.63) is 30.3 Å². The number of benzene rings is 1. The van der Waals surface area contributed by atoms with Crippen LogP contribution < -0.4 is 4.74 Å². The summed E-state index contributed by atoms with van der Waals surface area (Å²) < 4.78 is 5.95. The van der Waals surface area contributed by atoms with Gasteiger partial charge >= 0.3 is 5.97 Å². The summed E-state index contributed by atoms with van der Waals surface area (Å²) in [5, 5.41) is 8.65. The van der Waals surface area contributed by atoms with Crippen LogP contribution in [-0.2, 0) is 4.79 Å². The van der Waals surface area contributed by atoms with Gasteiger partial charge in [-0.15, -0.1) is 0 Å². The molecule has 0 aromatic heterocycles. The number of rotatable bonds is 6. The first-order valence-corrected chi connectivity index (χ1v) is 6.90. The molecule has 104 valence electrons. The third-order valence-corrected chi connectivity index (χ3v) is 3.37. The molecule has 0 amide bonds. The average Bonchev–Trinajstić information content (AvgIpc) is 2.40. The van der Waals surface area contributed by atoms with Crippen molar-refractivity contribution in [1.29, 1.82) is 0 Å². The molecule has 1 atom stereocenters. The summed E-state index contributed by atoms with van der Waals surface area (Å²) in [5.74, 6) is 0.203. The Hall–Kier alpha value is -1.55. The molecule has 1 aliphatic rings. The van der Waals surface area contributed by atoms with Crippen LogP contribution >= 0.6 is 0 Å². The topological polar surface area (TPSA) is 49.8 Å². The number of para-hydroxylation sites is 1. The second-order valence-electron chi connectivity index (χ2n) is 4.99. The molecule has 19 heavy (non-hydrogen) atoms. The summed E-state index contributed by atoms with van der Waals surface area (Å²) in [6.45, 7) is 2.80. The van der Waals surface area contributed by atoms with Crippen LogP contribution in [0.15, 0.2) is 30.3 Å². The van der Waals surface area contributed by atoms with Crippen LogP contribution in [0.2, 0.25) is 0 Å². The summed E-state index contributed by atoms with van der Waals surface area (Å²) >= 11 is 0. The number of carboxylic acid groups (broad SMARTS) is 1. The first-order chi connectivity index (χ1) is 9.24. The van der Waals surface area contributed by atoms with Crippen molar-refractivity contribution < 1.29 is 14.6 Å². The molecule has 1 heterocycles. The van der Waals surface area contributed by atoms with E-state index in [0.717, 1.165) is 38.2 Å². The fourth-order valence-electron chi connectivity index (χ4n) is 2.46. The smallest absolute Gasteiger partial charge is 0.303 e. The maximum absolute atomic E-state index is 10.5. The molecule has 1 aromatic rings. The molecule has 2 rings (SSSR count). The highest BCUT2D eigenvalue weighted by Crippen LogP contribution is 2.18. The molecule has 1 saturated heterocycles. The number of likely N-dealkylation sites (tertiary alicyclic amines) is 1. The third-order valence-electron chi connectivity index (χ3n) is 3.37. The van der Waals surface area contributed by atoms with E-state index in [0.29, 0.717) is 6.42 Å². The summed E-state index contributed by atoms with van der Waals surface area (Å²) in [5.41, 5.74) is 0. The zero-order valence-corrected chi connectivity index (χ0v) is 11.1. The van der Waals surface area contributed by atoms with Crippen LogP contribution in [0.25, 0.3) is 0 Å². The standard InChI is InChI=1S/C15H21NO3/c17-15(18)9-5-11-16-10-4-8-14(12-16)19-13-6-2-1-3-7-13/h1-3,6-7,14H,4-5,8-12H2,(H,17,18). The quantitative estimate of drug-likeness (QED) is 0.856. The number of carboxylic acids is 1. The van der Waals surface area contributed by atoms with Gasteiger partial charge in [0, 0.05) is 13.0 Å². The van der Waals surface area contributed by atoms with Crippen molar-refractivity contribution in [2.45, 2.75) is 31.8 Å². The predicted octanol–water partition coefficient (Wildman–Crippen LogP) is 2.39. The fraction of sp³-hybridized carbons (Fsp3) is 0.533. The number of nitrogens with zero attached hydrogens (tertiary/aromatic N) is 1. The second kappa shape index (κ2) is 7.14. The highest BCUT2D eigenvalue weighted by atomic mass is 16.5. The molecule has 4 nitrogen and oxygen atoms in total. The fourth-order valence-corrected chi connectivity index (χ4v) is 2.46. The third kappa shape index (κ3) is 4.91. The minimum Gasteiger partial charge on any atom is -0.489 e. The lowest BCUT2D eigenvalue weighted by Gasteiger charge is -2.32. The average molecular weight is 263 g/mol. The minimum absolute atomic E-state index is 0.223. The Balaban J connectivity index is 1.75. The Bertz CT molecular complexity index is 394. The molecule has 4 heteroatoms. The highest BCUT2D eigenvalue weighted by molar-refractivity contribution is 5.66. The van der Waals surface area contributed by atoms with Crippen molar-refractivity contribution in [1.82, 2.24) is 4.90 Å². The van der Waals surface area contributed by atoms with Gasteiger partial charge in [-0.1, -0.05) is 18.2 Å². The summed E-state index contributed by atoms with van der Waals surface area (Å²) in [6.07, 6.45) is 3.38. The molecule has 0 spiro atoms. The Kier molecular flexibility index (Phi) is 5.21. The molecule has 0 aliphatic carbocycles. The van der Waals surface area contributed by atoms with Crippen molar-refractivity contribution in [3.8, 4) is 5.75 Å². The minimum atomic E-state index is -0.714. The van der Waals surface area contributed by atoms with E-state index in [-0.39, 0.29) is 12.5 Å². The Morgan fingerprint density at radius 2 is 2.16 bits per heavy atom. The number of ether oxygens (including phenoxy) is 1. The molecular formula is C15H21NO3. The predicted molar refractivity (Wildman–Crippen MR) is 73.4 cm³/mol. The van der Waals surface area contributed by atoms with Crippen molar-refractivity contribution in [2.75, 3.05) is 19.6 Å². The number of hydrogen-bond acceptors (Lipinski definition) is 3. The number of carbonyl (C=O) groups is 1. The van der Waals surface area contributed by atoms with E-state index in [4.69, 9.17) is 9.84 Å². The Morgan fingerprint density at radius 3 is 2.89 bits per heavy atom. The zero-order valence-electron chi connectivity index (χ0n) is 11.1. The van der Waals surface area contributed by atoms with Crippen molar-refractivity contribution >= 4 is 5.97 Å². The van der Waals surface area contributed by atoms with Crippen LogP contribution in [0, 0.1) is 0 Å². The van der Waals surface area contributed by atoms with Gasteiger partial charge in [0.15, 0.2) is 0 Å². The summed E-state index contributed by atoms with van der Waals surface area (Å²) in [6, 6.07) is 9.88. The van der Waals surface area contributed by atoms with Gasteiger partial charge in [0.25, 0.3) is 0 Å². The maximum Gasteiger partial charge on any atom is 0.303 e. The van der Waals surface area contributed by atoms with E-state index in [1.807, 2.05) is 30.3 Å². The molecule has 0 saturated carbocycles. The van der Waals surface area contributed by atoms with Crippen LogP contribution in [0.5, 0.6) is 5.75 Å². The Morgan fingerprint density at radius 1 is 1.37 bits per heavy atom. The highest BCUT2D eigenvalue weighted by Gasteiger charge is 2.20. The van der Waals surface area contributed by atoms with Crippen LogP contribution in [-0.4, -0.2) is 41.7 Å². The molecule has 0 radical (unpaired) electrons. The van der Waals surface area contributed by atoms with Crippen LogP contribution in [0.4, 0.5) is 0 Å². The summed E-state index contributed by atoms with van der Waals surface area (Å²) in [4.78, 5) is 12.8. The second-order valence-corrected chi connectivity index (χ2v) is 4.99. The molecule has 1 N–H and O–H groups in total. The number of hydrogen-bond donors (Lipinski definition) is 1. The van der Waals surface area contributed by atoms with Crippen molar-refractivity contribution in [2.24, 2.45) is 0 Å². The summed E-state index contributed by atoms with van der Waals surface area (Å²) in [7, 11) is 0. The SMILES string of the molecule is O=C(O)CCCN1CCCC(Oc2ccccc2)C1. The van der Waals surface area contributed by atoms with Gasteiger partial charge < -0.3 is 9.84 Å². The molecule has 0 bridgehead atoms. The van der Waals surface area contributed by atoms with Crippen molar-refractivity contribution in [3.63, 3.8) is 0 Å². The first kappa shape index (κ1) is 13.9. The van der Waals surface area contributed by atoms with E-state index >= 15 is 0 Å². The number of aliphatic carboxylic acids is 1. The lowest BCUT2D eigenvalue weighted by Crippen LogP contribution is -2.41. The lowest BCUT2D eigenvalue weighted by atomic mass is 10.1. The molecule has 1 aliphatic heterocycles. The zero-order chi connectivity index (χ0) is 13.5. The monoisotopic (exact) mass is 263 g/mol. The first-order valence-electron chi connectivity index (χ1n) is 6.90. The van der Waals surface area contributed by atoms with Crippen LogP contribution in [0.3, 0.4) is 0 Å². The van der Waals surface area contributed by atoms with Gasteiger partial charge in [0.05, 0.1) is 0 Å². The molecule has 1 fully saturated rings. The normalized spacial score (nSPS) is 20.1. The van der Waals surface area contributed by atoms with E-state index in [9.17, 15) is 4.79 Å². The maximum atomic E-state index is 10.5. The van der Waals surface area contributed by atoms with E-state index in [2.05, 4.69) is 4.90 Å². The van der Waals surface area contributed by atoms with Gasteiger partial charge in [-0.25, -0.2) is 0 Å². The molecular weight excluding hydrogens is 242 g/mol. The lowest BCUT2D eigenvalue weighted by molar-refractivity contribution is -0.137. The molecule has 1 unspecified atom stereocenters. The van der Waals surface area contributed by atoms with Crippen LogP contribution in [0.1, 0.15) is 25.7 Å². The van der Waals surface area contributed by atoms with Gasteiger partial charge in [-0.3, -0.25) is 9.69 Å². The van der Waals surface area contributed by atoms with E-state index < -0.39 is 5.97 Å². The van der Waals surface area contributed by atoms with Gasteiger partial charge in [-0.05, 0) is 44.5 Å².